The molecule has 2 nitrogen and oxygen atoms in total. The second-order valence-corrected chi connectivity index (χ2v) is 3.98. The standard InChI is InChI=1S/C12H17NO/c1-9-6-7-12(14-2)11(8-9)13-10-4-3-5-10/h6-8,10,13H,3-5H2,1-2H3. The second-order valence-electron chi connectivity index (χ2n) is 3.98. The van der Waals surface area contributed by atoms with Gasteiger partial charge in [0.05, 0.1) is 12.8 Å². The van der Waals surface area contributed by atoms with Gasteiger partial charge in [-0.3, -0.25) is 0 Å². The van der Waals surface area contributed by atoms with Gasteiger partial charge in [0.25, 0.3) is 0 Å². The van der Waals surface area contributed by atoms with Gasteiger partial charge in [0.2, 0.25) is 0 Å². The molecule has 1 aromatic rings. The van der Waals surface area contributed by atoms with E-state index in [0.717, 1.165) is 11.4 Å². The highest BCUT2D eigenvalue weighted by Gasteiger charge is 2.18. The molecule has 0 atom stereocenters. The first-order valence-electron chi connectivity index (χ1n) is 5.21. The second kappa shape index (κ2) is 3.91. The molecular weight excluding hydrogens is 174 g/mol. The van der Waals surface area contributed by atoms with Crippen molar-refractivity contribution in [2.24, 2.45) is 0 Å². The third-order valence-corrected chi connectivity index (χ3v) is 2.82. The van der Waals surface area contributed by atoms with Crippen LogP contribution in [-0.4, -0.2) is 13.2 Å². The van der Waals surface area contributed by atoms with E-state index in [4.69, 9.17) is 4.74 Å². The molecule has 1 aliphatic carbocycles. The lowest BCUT2D eigenvalue weighted by molar-refractivity contribution is 0.409. The molecule has 1 N–H and O–H groups in total. The minimum Gasteiger partial charge on any atom is -0.495 e. The van der Waals surface area contributed by atoms with E-state index >= 15 is 0 Å². The molecule has 76 valence electrons. The Hall–Kier alpha value is -1.18. The zero-order valence-electron chi connectivity index (χ0n) is 8.84. The van der Waals surface area contributed by atoms with Crippen molar-refractivity contribution in [3.8, 4) is 5.75 Å². The molecule has 0 heterocycles. The van der Waals surface area contributed by atoms with E-state index in [2.05, 4.69) is 24.4 Å². The lowest BCUT2D eigenvalue weighted by Gasteiger charge is -2.28. The molecule has 0 aromatic heterocycles. The smallest absolute Gasteiger partial charge is 0.141 e. The van der Waals surface area contributed by atoms with Gasteiger partial charge >= 0.3 is 0 Å². The molecule has 0 unspecified atom stereocenters. The van der Waals surface area contributed by atoms with Gasteiger partial charge in [0.1, 0.15) is 5.75 Å². The summed E-state index contributed by atoms with van der Waals surface area (Å²) in [5, 5.41) is 3.51. The number of ether oxygens (including phenoxy) is 1. The Morgan fingerprint density at radius 3 is 2.71 bits per heavy atom. The van der Waals surface area contributed by atoms with E-state index in [9.17, 15) is 0 Å². The number of benzene rings is 1. The van der Waals surface area contributed by atoms with Crippen LogP contribution in [0.15, 0.2) is 18.2 Å². The van der Waals surface area contributed by atoms with Crippen molar-refractivity contribution in [1.29, 1.82) is 0 Å². The molecule has 0 aliphatic heterocycles. The summed E-state index contributed by atoms with van der Waals surface area (Å²) in [4.78, 5) is 0. The number of aryl methyl sites for hydroxylation is 1. The summed E-state index contributed by atoms with van der Waals surface area (Å²) in [7, 11) is 1.72. The Labute approximate surface area is 85.3 Å². The maximum Gasteiger partial charge on any atom is 0.141 e. The summed E-state index contributed by atoms with van der Waals surface area (Å²) < 4.78 is 5.31. The van der Waals surface area contributed by atoms with Crippen LogP contribution in [-0.2, 0) is 0 Å². The predicted octanol–water partition coefficient (Wildman–Crippen LogP) is 2.97. The maximum absolute atomic E-state index is 5.31. The van der Waals surface area contributed by atoms with Gasteiger partial charge in [-0.1, -0.05) is 6.07 Å². The summed E-state index contributed by atoms with van der Waals surface area (Å²) in [5.41, 5.74) is 2.41. The van der Waals surface area contributed by atoms with Crippen molar-refractivity contribution in [3.05, 3.63) is 23.8 Å². The van der Waals surface area contributed by atoms with Crippen LogP contribution < -0.4 is 10.1 Å². The number of methoxy groups -OCH3 is 1. The molecule has 2 rings (SSSR count). The van der Waals surface area contributed by atoms with Crippen molar-refractivity contribution >= 4 is 5.69 Å². The summed E-state index contributed by atoms with van der Waals surface area (Å²) >= 11 is 0. The third kappa shape index (κ3) is 1.84. The fourth-order valence-corrected chi connectivity index (χ4v) is 1.71. The average molecular weight is 191 g/mol. The summed E-state index contributed by atoms with van der Waals surface area (Å²) in [6, 6.07) is 6.91. The van der Waals surface area contributed by atoms with Gasteiger partial charge in [0, 0.05) is 6.04 Å². The van der Waals surface area contributed by atoms with Gasteiger partial charge in [-0.15, -0.1) is 0 Å². The molecule has 1 aliphatic rings. The highest BCUT2D eigenvalue weighted by atomic mass is 16.5. The van der Waals surface area contributed by atoms with Crippen molar-refractivity contribution < 1.29 is 4.74 Å². The van der Waals surface area contributed by atoms with E-state index in [1.165, 1.54) is 24.8 Å². The first-order chi connectivity index (χ1) is 6.79. The van der Waals surface area contributed by atoms with Gasteiger partial charge in [-0.2, -0.15) is 0 Å². The SMILES string of the molecule is COc1ccc(C)cc1NC1CCC1. The normalized spacial score (nSPS) is 16.1. The van der Waals surface area contributed by atoms with Crippen LogP contribution in [0.25, 0.3) is 0 Å². The highest BCUT2D eigenvalue weighted by Crippen LogP contribution is 2.30. The van der Waals surface area contributed by atoms with Crippen LogP contribution in [0.1, 0.15) is 24.8 Å². The number of hydrogen-bond acceptors (Lipinski definition) is 2. The molecular formula is C12H17NO. The molecule has 14 heavy (non-hydrogen) atoms. The molecule has 2 heteroatoms. The Morgan fingerprint density at radius 2 is 2.14 bits per heavy atom. The van der Waals surface area contributed by atoms with Crippen LogP contribution in [0, 0.1) is 6.92 Å². The van der Waals surface area contributed by atoms with Crippen molar-refractivity contribution in [1.82, 2.24) is 0 Å². The van der Waals surface area contributed by atoms with Crippen molar-refractivity contribution in [2.45, 2.75) is 32.2 Å². The average Bonchev–Trinajstić information content (AvgIpc) is 2.12. The van der Waals surface area contributed by atoms with Crippen LogP contribution in [0.5, 0.6) is 5.75 Å². The zero-order chi connectivity index (χ0) is 9.97. The number of hydrogen-bond donors (Lipinski definition) is 1. The van der Waals surface area contributed by atoms with Crippen molar-refractivity contribution in [3.63, 3.8) is 0 Å². The van der Waals surface area contributed by atoms with E-state index in [-0.39, 0.29) is 0 Å². The van der Waals surface area contributed by atoms with E-state index < -0.39 is 0 Å². The van der Waals surface area contributed by atoms with Gasteiger partial charge in [0.15, 0.2) is 0 Å². The third-order valence-electron chi connectivity index (χ3n) is 2.82. The van der Waals surface area contributed by atoms with E-state index in [0.29, 0.717) is 6.04 Å². The first-order valence-corrected chi connectivity index (χ1v) is 5.21. The van der Waals surface area contributed by atoms with Crippen LogP contribution in [0.3, 0.4) is 0 Å². The number of nitrogens with one attached hydrogen (secondary N) is 1. The van der Waals surface area contributed by atoms with E-state index in [1.807, 2.05) is 6.07 Å². The number of anilines is 1. The van der Waals surface area contributed by atoms with Gasteiger partial charge in [-0.25, -0.2) is 0 Å². The Balaban J connectivity index is 2.15. The minimum atomic E-state index is 0.658. The summed E-state index contributed by atoms with van der Waals surface area (Å²) in [6.45, 7) is 2.10. The van der Waals surface area contributed by atoms with Crippen LogP contribution in [0.4, 0.5) is 5.69 Å². The van der Waals surface area contributed by atoms with Gasteiger partial charge < -0.3 is 10.1 Å². The number of rotatable bonds is 3. The molecule has 0 bridgehead atoms. The first kappa shape index (κ1) is 9.38. The van der Waals surface area contributed by atoms with Crippen molar-refractivity contribution in [2.75, 3.05) is 12.4 Å². The Kier molecular flexibility index (Phi) is 2.62. The molecule has 0 spiro atoms. The minimum absolute atomic E-state index is 0.658. The summed E-state index contributed by atoms with van der Waals surface area (Å²) in [5.74, 6) is 0.947. The fourth-order valence-electron chi connectivity index (χ4n) is 1.71. The molecule has 0 saturated heterocycles. The Morgan fingerprint density at radius 1 is 1.36 bits per heavy atom. The lowest BCUT2D eigenvalue weighted by Crippen LogP contribution is -2.27. The molecule has 0 amide bonds. The quantitative estimate of drug-likeness (QED) is 0.793. The maximum atomic E-state index is 5.31. The van der Waals surface area contributed by atoms with Gasteiger partial charge in [-0.05, 0) is 43.9 Å². The molecule has 1 saturated carbocycles. The molecule has 0 radical (unpaired) electrons. The van der Waals surface area contributed by atoms with Crippen LogP contribution in [0.2, 0.25) is 0 Å². The zero-order valence-corrected chi connectivity index (χ0v) is 8.84. The monoisotopic (exact) mass is 191 g/mol. The predicted molar refractivity (Wildman–Crippen MR) is 59.0 cm³/mol. The fraction of sp³-hybridized carbons (Fsp3) is 0.500. The molecule has 1 fully saturated rings. The van der Waals surface area contributed by atoms with E-state index in [1.54, 1.807) is 7.11 Å². The largest absolute Gasteiger partial charge is 0.495 e. The topological polar surface area (TPSA) is 21.3 Å². The summed E-state index contributed by atoms with van der Waals surface area (Å²) in [6.07, 6.45) is 3.93. The lowest BCUT2D eigenvalue weighted by atomic mass is 9.93. The highest BCUT2D eigenvalue weighted by molar-refractivity contribution is 5.58. The Bertz CT molecular complexity index is 318. The van der Waals surface area contributed by atoms with Crippen LogP contribution >= 0.6 is 0 Å². The molecule has 1 aromatic carbocycles.